The van der Waals surface area contributed by atoms with Crippen molar-refractivity contribution in [3.63, 3.8) is 0 Å². The number of hydrogen-bond donors (Lipinski definition) is 0. The van der Waals surface area contributed by atoms with E-state index in [2.05, 4.69) is 6.92 Å². The molecule has 66 valence electrons. The minimum atomic E-state index is -0.677. The summed E-state index contributed by atoms with van der Waals surface area (Å²) in [6.07, 6.45) is 2.61. The van der Waals surface area contributed by atoms with Gasteiger partial charge in [0.1, 0.15) is 0 Å². The molecule has 2 atom stereocenters. The molecule has 1 saturated heterocycles. The van der Waals surface area contributed by atoms with Crippen LogP contribution in [0.4, 0.5) is 4.39 Å². The van der Waals surface area contributed by atoms with Gasteiger partial charge in [-0.1, -0.05) is 13.8 Å². The van der Waals surface area contributed by atoms with Crippen LogP contribution in [0.2, 0.25) is 0 Å². The fraction of sp³-hybridized carbons (Fsp3) is 1.00. The summed E-state index contributed by atoms with van der Waals surface area (Å²) in [7, 11) is 0. The molecule has 1 fully saturated rings. The van der Waals surface area contributed by atoms with Crippen LogP contribution in [0.3, 0.4) is 0 Å². The molecular formula is C9H18FN. The van der Waals surface area contributed by atoms with E-state index < -0.39 is 6.30 Å². The van der Waals surface area contributed by atoms with E-state index in [1.807, 2.05) is 11.8 Å². The Morgan fingerprint density at radius 1 is 1.55 bits per heavy atom. The zero-order chi connectivity index (χ0) is 8.27. The van der Waals surface area contributed by atoms with E-state index in [4.69, 9.17) is 0 Å². The number of hydrogen-bond acceptors (Lipinski definition) is 1. The smallest absolute Gasteiger partial charge is 0.156 e. The highest BCUT2D eigenvalue weighted by atomic mass is 19.1. The Morgan fingerprint density at radius 2 is 2.27 bits per heavy atom. The Hall–Kier alpha value is -0.110. The van der Waals surface area contributed by atoms with Gasteiger partial charge in [0.25, 0.3) is 0 Å². The molecule has 0 bridgehead atoms. The summed E-state index contributed by atoms with van der Waals surface area (Å²) in [6.45, 7) is 5.99. The molecule has 0 N–H and O–H groups in total. The maximum atomic E-state index is 13.4. The van der Waals surface area contributed by atoms with Crippen molar-refractivity contribution < 1.29 is 4.39 Å². The fourth-order valence-corrected chi connectivity index (χ4v) is 1.76. The maximum absolute atomic E-state index is 13.4. The van der Waals surface area contributed by atoms with Crippen LogP contribution >= 0.6 is 0 Å². The van der Waals surface area contributed by atoms with E-state index in [1.54, 1.807) is 0 Å². The van der Waals surface area contributed by atoms with Crippen molar-refractivity contribution in [2.45, 2.75) is 39.4 Å². The lowest BCUT2D eigenvalue weighted by Crippen LogP contribution is -2.41. The minimum absolute atomic E-state index is 0.246. The largest absolute Gasteiger partial charge is 0.274 e. The van der Waals surface area contributed by atoms with Crippen molar-refractivity contribution in [1.82, 2.24) is 4.90 Å². The van der Waals surface area contributed by atoms with E-state index in [0.29, 0.717) is 0 Å². The number of piperidine rings is 1. The van der Waals surface area contributed by atoms with Gasteiger partial charge in [0.05, 0.1) is 0 Å². The summed E-state index contributed by atoms with van der Waals surface area (Å²) in [4.78, 5) is 1.97. The standard InChI is InChI=1S/C9H18FN/c1-3-6-11-7-4-5-8(2)9(11)10/h8-9H,3-7H2,1-2H3. The third kappa shape index (κ3) is 2.16. The molecule has 1 nitrogen and oxygen atoms in total. The lowest BCUT2D eigenvalue weighted by atomic mass is 9.99. The Balaban J connectivity index is 2.38. The first-order chi connectivity index (χ1) is 5.25. The van der Waals surface area contributed by atoms with Gasteiger partial charge >= 0.3 is 0 Å². The first kappa shape index (κ1) is 8.98. The first-order valence-corrected chi connectivity index (χ1v) is 4.63. The second kappa shape index (κ2) is 4.05. The van der Waals surface area contributed by atoms with Gasteiger partial charge in [0.2, 0.25) is 0 Å². The summed E-state index contributed by atoms with van der Waals surface area (Å²) in [5, 5.41) is 0. The lowest BCUT2D eigenvalue weighted by Gasteiger charge is -2.34. The lowest BCUT2D eigenvalue weighted by molar-refractivity contribution is 0.00520. The van der Waals surface area contributed by atoms with Crippen molar-refractivity contribution in [2.75, 3.05) is 13.1 Å². The number of nitrogens with zero attached hydrogens (tertiary/aromatic N) is 1. The zero-order valence-electron chi connectivity index (χ0n) is 7.52. The molecule has 0 aromatic rings. The van der Waals surface area contributed by atoms with Crippen LogP contribution in [0, 0.1) is 5.92 Å². The number of likely N-dealkylation sites (tertiary alicyclic amines) is 1. The summed E-state index contributed by atoms with van der Waals surface area (Å²) < 4.78 is 13.4. The highest BCUT2D eigenvalue weighted by molar-refractivity contribution is 4.73. The third-order valence-electron chi connectivity index (χ3n) is 2.43. The zero-order valence-corrected chi connectivity index (χ0v) is 7.52. The molecule has 2 unspecified atom stereocenters. The second-order valence-electron chi connectivity index (χ2n) is 3.53. The Morgan fingerprint density at radius 3 is 2.91 bits per heavy atom. The SMILES string of the molecule is CCCN1CCCC(C)C1F. The topological polar surface area (TPSA) is 3.24 Å². The molecule has 0 saturated carbocycles. The molecule has 0 spiro atoms. The first-order valence-electron chi connectivity index (χ1n) is 4.63. The third-order valence-corrected chi connectivity index (χ3v) is 2.43. The predicted octanol–water partition coefficient (Wildman–Crippen LogP) is 2.42. The predicted molar refractivity (Wildman–Crippen MR) is 45.2 cm³/mol. The van der Waals surface area contributed by atoms with Crippen molar-refractivity contribution in [3.8, 4) is 0 Å². The van der Waals surface area contributed by atoms with Crippen LogP contribution < -0.4 is 0 Å². The molecule has 0 aromatic carbocycles. The number of alkyl halides is 1. The summed E-state index contributed by atoms with van der Waals surface area (Å²) >= 11 is 0. The van der Waals surface area contributed by atoms with Crippen molar-refractivity contribution in [1.29, 1.82) is 0 Å². The second-order valence-corrected chi connectivity index (χ2v) is 3.53. The average molecular weight is 159 g/mol. The van der Waals surface area contributed by atoms with Gasteiger partial charge in [-0.25, -0.2) is 4.39 Å². The molecule has 2 heteroatoms. The average Bonchev–Trinajstić information content (AvgIpc) is 1.99. The summed E-state index contributed by atoms with van der Waals surface area (Å²) in [5.74, 6) is 0.246. The highest BCUT2D eigenvalue weighted by Gasteiger charge is 2.26. The van der Waals surface area contributed by atoms with Crippen LogP contribution in [0.1, 0.15) is 33.1 Å². The van der Waals surface area contributed by atoms with Gasteiger partial charge in [0.15, 0.2) is 6.30 Å². The molecule has 0 radical (unpaired) electrons. The maximum Gasteiger partial charge on any atom is 0.156 e. The monoisotopic (exact) mass is 159 g/mol. The Kier molecular flexibility index (Phi) is 3.31. The summed E-state index contributed by atoms with van der Waals surface area (Å²) in [5.41, 5.74) is 0. The molecule has 1 heterocycles. The van der Waals surface area contributed by atoms with E-state index >= 15 is 0 Å². The van der Waals surface area contributed by atoms with Gasteiger partial charge in [0, 0.05) is 19.0 Å². The van der Waals surface area contributed by atoms with Gasteiger partial charge in [-0.05, 0) is 19.3 Å². The van der Waals surface area contributed by atoms with Crippen LogP contribution in [-0.4, -0.2) is 24.3 Å². The minimum Gasteiger partial charge on any atom is -0.274 e. The number of halogens is 1. The fourth-order valence-electron chi connectivity index (χ4n) is 1.76. The molecule has 1 aliphatic heterocycles. The molecule has 0 aromatic heterocycles. The Labute approximate surface area is 68.6 Å². The molecule has 11 heavy (non-hydrogen) atoms. The molecule has 0 aliphatic carbocycles. The normalized spacial score (nSPS) is 34.1. The van der Waals surface area contributed by atoms with Gasteiger partial charge in [-0.2, -0.15) is 0 Å². The van der Waals surface area contributed by atoms with Crippen LogP contribution in [0.25, 0.3) is 0 Å². The van der Waals surface area contributed by atoms with E-state index in [0.717, 1.165) is 25.9 Å². The van der Waals surface area contributed by atoms with E-state index in [1.165, 1.54) is 6.42 Å². The van der Waals surface area contributed by atoms with Crippen LogP contribution in [0.15, 0.2) is 0 Å². The van der Waals surface area contributed by atoms with Gasteiger partial charge < -0.3 is 0 Å². The highest BCUT2D eigenvalue weighted by Crippen LogP contribution is 2.23. The molecule has 0 amide bonds. The quantitative estimate of drug-likeness (QED) is 0.559. The van der Waals surface area contributed by atoms with E-state index in [9.17, 15) is 4.39 Å². The summed E-state index contributed by atoms with van der Waals surface area (Å²) in [6, 6.07) is 0. The number of rotatable bonds is 2. The van der Waals surface area contributed by atoms with Crippen LogP contribution in [-0.2, 0) is 0 Å². The van der Waals surface area contributed by atoms with E-state index in [-0.39, 0.29) is 5.92 Å². The molecule has 1 aliphatic rings. The molecule has 1 rings (SSSR count). The Bertz CT molecular complexity index is 114. The van der Waals surface area contributed by atoms with Crippen molar-refractivity contribution in [2.24, 2.45) is 5.92 Å². The van der Waals surface area contributed by atoms with Crippen molar-refractivity contribution >= 4 is 0 Å². The van der Waals surface area contributed by atoms with Gasteiger partial charge in [-0.3, -0.25) is 4.90 Å². The molecular weight excluding hydrogens is 141 g/mol. The van der Waals surface area contributed by atoms with Gasteiger partial charge in [-0.15, -0.1) is 0 Å². The van der Waals surface area contributed by atoms with Crippen LogP contribution in [0.5, 0.6) is 0 Å². The van der Waals surface area contributed by atoms with Crippen molar-refractivity contribution in [3.05, 3.63) is 0 Å².